The number of rotatable bonds is 5. The lowest BCUT2D eigenvalue weighted by molar-refractivity contribution is 0.484. The van der Waals surface area contributed by atoms with Crippen molar-refractivity contribution in [3.63, 3.8) is 0 Å². The molecule has 0 amide bonds. The van der Waals surface area contributed by atoms with Gasteiger partial charge in [-0.05, 0) is 114 Å². The summed E-state index contributed by atoms with van der Waals surface area (Å²) in [4.78, 5) is 0. The van der Waals surface area contributed by atoms with Crippen LogP contribution in [-0.2, 0) is 0 Å². The van der Waals surface area contributed by atoms with E-state index in [1.54, 1.807) is 0 Å². The molecule has 0 saturated carbocycles. The first-order valence-corrected chi connectivity index (χ1v) is 19.1. The van der Waals surface area contributed by atoms with Crippen molar-refractivity contribution < 1.29 is 9.15 Å². The van der Waals surface area contributed by atoms with Crippen molar-refractivity contribution in [2.24, 2.45) is 0 Å². The molecule has 1 unspecified atom stereocenters. The second-order valence-electron chi connectivity index (χ2n) is 14.8. The lowest BCUT2D eigenvalue weighted by Crippen LogP contribution is -1.97. The van der Waals surface area contributed by atoms with Gasteiger partial charge in [-0.1, -0.05) is 91.9 Å². The number of hydrogen-bond donors (Lipinski definition) is 0. The molecule has 1 aliphatic rings. The molecular formula is C51H34N2O2. The highest BCUT2D eigenvalue weighted by Crippen LogP contribution is 2.48. The Morgan fingerprint density at radius 2 is 0.982 bits per heavy atom. The normalized spacial score (nSPS) is 13.8. The SMILES string of the molecule is CCC1c2ccccc2-c2cc(-n3c4ccccc4c4cc(Oc5ccc6c(c5)c5ccccc5n6-c5ccc6oc7ccccc7c6c5)ccc43)ccc21. The van der Waals surface area contributed by atoms with Crippen LogP contribution in [0, 0.1) is 0 Å². The monoisotopic (exact) mass is 706 g/mol. The molecule has 1 atom stereocenters. The number of furan rings is 1. The Kier molecular flexibility index (Phi) is 6.35. The molecule has 0 spiro atoms. The van der Waals surface area contributed by atoms with Gasteiger partial charge in [-0.3, -0.25) is 0 Å². The van der Waals surface area contributed by atoms with E-state index < -0.39 is 0 Å². The molecule has 55 heavy (non-hydrogen) atoms. The molecule has 0 fully saturated rings. The third-order valence-electron chi connectivity index (χ3n) is 11.8. The third kappa shape index (κ3) is 4.40. The average Bonchev–Trinajstić information content (AvgIpc) is 3.96. The van der Waals surface area contributed by atoms with Gasteiger partial charge in [0.25, 0.3) is 0 Å². The fourth-order valence-electron chi connectivity index (χ4n) is 9.45. The summed E-state index contributed by atoms with van der Waals surface area (Å²) in [6.07, 6.45) is 1.09. The van der Waals surface area contributed by atoms with Gasteiger partial charge in [0.05, 0.1) is 22.1 Å². The van der Waals surface area contributed by atoms with Gasteiger partial charge in [0.15, 0.2) is 0 Å². The summed E-state index contributed by atoms with van der Waals surface area (Å²) < 4.78 is 17.6. The number of hydrogen-bond acceptors (Lipinski definition) is 2. The molecular weight excluding hydrogens is 673 g/mol. The highest BCUT2D eigenvalue weighted by Gasteiger charge is 2.28. The van der Waals surface area contributed by atoms with E-state index in [0.717, 1.165) is 67.5 Å². The fraction of sp³-hybridized carbons (Fsp3) is 0.0588. The highest BCUT2D eigenvalue weighted by molar-refractivity contribution is 6.12. The molecule has 12 rings (SSSR count). The van der Waals surface area contributed by atoms with Crippen LogP contribution >= 0.6 is 0 Å². The molecule has 0 saturated heterocycles. The van der Waals surface area contributed by atoms with Crippen LogP contribution in [0.3, 0.4) is 0 Å². The molecule has 0 bridgehead atoms. The molecule has 11 aromatic rings. The molecule has 4 nitrogen and oxygen atoms in total. The van der Waals surface area contributed by atoms with E-state index in [2.05, 4.69) is 174 Å². The smallest absolute Gasteiger partial charge is 0.135 e. The number of ether oxygens (including phenoxy) is 1. The van der Waals surface area contributed by atoms with Crippen molar-refractivity contribution in [3.05, 3.63) is 181 Å². The van der Waals surface area contributed by atoms with Gasteiger partial charge in [0, 0.05) is 49.6 Å². The van der Waals surface area contributed by atoms with E-state index in [1.165, 1.54) is 49.6 Å². The van der Waals surface area contributed by atoms with Crippen molar-refractivity contribution in [2.45, 2.75) is 19.3 Å². The molecule has 1 aliphatic carbocycles. The topological polar surface area (TPSA) is 32.2 Å². The van der Waals surface area contributed by atoms with E-state index in [4.69, 9.17) is 9.15 Å². The molecule has 260 valence electrons. The molecule has 3 aromatic heterocycles. The maximum absolute atomic E-state index is 6.71. The largest absolute Gasteiger partial charge is 0.457 e. The van der Waals surface area contributed by atoms with Crippen molar-refractivity contribution in [1.29, 1.82) is 0 Å². The number of aromatic nitrogens is 2. The first-order valence-electron chi connectivity index (χ1n) is 19.1. The predicted molar refractivity (Wildman–Crippen MR) is 226 cm³/mol. The average molecular weight is 707 g/mol. The summed E-state index contributed by atoms with van der Waals surface area (Å²) in [5.41, 5.74) is 14.3. The Balaban J connectivity index is 0.955. The molecule has 3 heterocycles. The lowest BCUT2D eigenvalue weighted by atomic mass is 9.94. The second kappa shape index (κ2) is 11.5. The van der Waals surface area contributed by atoms with Crippen molar-refractivity contribution in [3.8, 4) is 34.0 Å². The van der Waals surface area contributed by atoms with Crippen molar-refractivity contribution in [1.82, 2.24) is 9.13 Å². The van der Waals surface area contributed by atoms with Crippen LogP contribution in [0.2, 0.25) is 0 Å². The third-order valence-corrected chi connectivity index (χ3v) is 11.8. The first-order chi connectivity index (χ1) is 27.2. The minimum absolute atomic E-state index is 0.445. The molecule has 0 radical (unpaired) electrons. The standard InChI is InChI=1S/C51H34N2O2/c1-2-35-36-11-3-4-12-37(36)42-27-31(19-23-38(35)42)52-46-16-8-5-13-39(46)43-29-33(21-24-48(43)52)54-34-22-25-49-44(30-34)40-14-6-9-17-47(40)53(49)32-20-26-51-45(28-32)41-15-7-10-18-50(41)55-51/h3-30,35H,2H2,1H3. The number of fused-ring (bicyclic) bond motifs is 12. The summed E-state index contributed by atoms with van der Waals surface area (Å²) in [6.45, 7) is 2.29. The van der Waals surface area contributed by atoms with Crippen LogP contribution in [0.4, 0.5) is 0 Å². The van der Waals surface area contributed by atoms with Gasteiger partial charge in [-0.25, -0.2) is 0 Å². The van der Waals surface area contributed by atoms with E-state index >= 15 is 0 Å². The van der Waals surface area contributed by atoms with Crippen LogP contribution in [0.5, 0.6) is 11.5 Å². The zero-order valence-corrected chi connectivity index (χ0v) is 30.2. The second-order valence-corrected chi connectivity index (χ2v) is 14.8. The van der Waals surface area contributed by atoms with Gasteiger partial charge in [0.2, 0.25) is 0 Å². The Morgan fingerprint density at radius 3 is 1.69 bits per heavy atom. The van der Waals surface area contributed by atoms with E-state index in [-0.39, 0.29) is 0 Å². The fourth-order valence-corrected chi connectivity index (χ4v) is 9.45. The van der Waals surface area contributed by atoms with Crippen LogP contribution in [0.25, 0.3) is 88.1 Å². The maximum Gasteiger partial charge on any atom is 0.135 e. The maximum atomic E-state index is 6.71. The summed E-state index contributed by atoms with van der Waals surface area (Å²) in [5.74, 6) is 2.06. The quantitative estimate of drug-likeness (QED) is 0.178. The Labute approximate surface area is 317 Å². The number of benzene rings is 8. The van der Waals surface area contributed by atoms with Gasteiger partial charge >= 0.3 is 0 Å². The van der Waals surface area contributed by atoms with Crippen molar-refractivity contribution in [2.75, 3.05) is 0 Å². The predicted octanol–water partition coefficient (Wildman–Crippen LogP) is 14.1. The number of nitrogens with zero attached hydrogens (tertiary/aromatic N) is 2. The van der Waals surface area contributed by atoms with Crippen LogP contribution < -0.4 is 4.74 Å². The minimum atomic E-state index is 0.445. The summed E-state index contributed by atoms with van der Waals surface area (Å²) in [7, 11) is 0. The Hall–Kier alpha value is -7.04. The highest BCUT2D eigenvalue weighted by atomic mass is 16.5. The molecule has 0 aliphatic heterocycles. The number of para-hydroxylation sites is 3. The van der Waals surface area contributed by atoms with Gasteiger partial charge < -0.3 is 18.3 Å². The lowest BCUT2D eigenvalue weighted by Gasteiger charge is -2.13. The Bertz CT molecular complexity index is 3360. The first kappa shape index (κ1) is 30.4. The van der Waals surface area contributed by atoms with Crippen LogP contribution in [0.1, 0.15) is 30.4 Å². The van der Waals surface area contributed by atoms with Gasteiger partial charge in [-0.15, -0.1) is 0 Å². The van der Waals surface area contributed by atoms with E-state index in [1.807, 2.05) is 12.1 Å². The van der Waals surface area contributed by atoms with Gasteiger partial charge in [-0.2, -0.15) is 0 Å². The van der Waals surface area contributed by atoms with E-state index in [9.17, 15) is 0 Å². The zero-order valence-electron chi connectivity index (χ0n) is 30.2. The van der Waals surface area contributed by atoms with E-state index in [0.29, 0.717) is 5.92 Å². The molecule has 8 aromatic carbocycles. The molecule has 0 N–H and O–H groups in total. The molecule has 4 heteroatoms. The zero-order chi connectivity index (χ0) is 36.2. The summed E-state index contributed by atoms with van der Waals surface area (Å²) >= 11 is 0. The Morgan fingerprint density at radius 1 is 0.436 bits per heavy atom. The minimum Gasteiger partial charge on any atom is -0.457 e. The van der Waals surface area contributed by atoms with Gasteiger partial charge in [0.1, 0.15) is 22.7 Å². The van der Waals surface area contributed by atoms with Crippen LogP contribution in [-0.4, -0.2) is 9.13 Å². The van der Waals surface area contributed by atoms with Crippen LogP contribution in [0.15, 0.2) is 174 Å². The summed E-state index contributed by atoms with van der Waals surface area (Å²) in [5, 5.41) is 6.94. The summed E-state index contributed by atoms with van der Waals surface area (Å²) in [6, 6.07) is 60.9. The van der Waals surface area contributed by atoms with Crippen molar-refractivity contribution >= 4 is 65.6 Å².